The molecule has 4 rings (SSSR count). The SMILES string of the molecule is Cc1noc2ncc(C(=O)N(C)[C@H](c3ccccc3)c3ccccn3)cc12. The summed E-state index contributed by atoms with van der Waals surface area (Å²) in [4.78, 5) is 23.6. The third-order valence-corrected chi connectivity index (χ3v) is 4.55. The Morgan fingerprint density at radius 2 is 1.85 bits per heavy atom. The quantitative estimate of drug-likeness (QED) is 0.555. The molecule has 0 fully saturated rings. The van der Waals surface area contributed by atoms with Gasteiger partial charge in [-0.2, -0.15) is 0 Å². The molecule has 0 aliphatic carbocycles. The zero-order valence-electron chi connectivity index (χ0n) is 15.0. The molecule has 134 valence electrons. The summed E-state index contributed by atoms with van der Waals surface area (Å²) < 4.78 is 5.13. The van der Waals surface area contributed by atoms with Gasteiger partial charge in [0.05, 0.1) is 28.4 Å². The second-order valence-corrected chi connectivity index (χ2v) is 6.33. The van der Waals surface area contributed by atoms with E-state index in [-0.39, 0.29) is 11.9 Å². The predicted molar refractivity (Wildman–Crippen MR) is 101 cm³/mol. The van der Waals surface area contributed by atoms with E-state index in [0.29, 0.717) is 17.0 Å². The summed E-state index contributed by atoms with van der Waals surface area (Å²) >= 11 is 0. The van der Waals surface area contributed by atoms with Gasteiger partial charge >= 0.3 is 0 Å². The van der Waals surface area contributed by atoms with E-state index >= 15 is 0 Å². The van der Waals surface area contributed by atoms with Gasteiger partial charge in [-0.3, -0.25) is 9.78 Å². The molecule has 0 saturated carbocycles. The zero-order valence-corrected chi connectivity index (χ0v) is 15.0. The lowest BCUT2D eigenvalue weighted by molar-refractivity contribution is 0.0752. The van der Waals surface area contributed by atoms with Crippen molar-refractivity contribution in [2.45, 2.75) is 13.0 Å². The highest BCUT2D eigenvalue weighted by Crippen LogP contribution is 2.28. The number of carbonyl (C=O) groups is 1. The average Bonchev–Trinajstić information content (AvgIpc) is 3.09. The Kier molecular flexibility index (Phi) is 4.38. The minimum absolute atomic E-state index is 0.149. The highest BCUT2D eigenvalue weighted by Gasteiger charge is 2.26. The van der Waals surface area contributed by atoms with Crippen molar-refractivity contribution in [3.63, 3.8) is 0 Å². The smallest absolute Gasteiger partial charge is 0.257 e. The molecule has 1 amide bonds. The maximum Gasteiger partial charge on any atom is 0.257 e. The summed E-state index contributed by atoms with van der Waals surface area (Å²) in [5.74, 6) is -0.149. The van der Waals surface area contributed by atoms with Crippen LogP contribution in [0.25, 0.3) is 11.1 Å². The molecule has 0 spiro atoms. The molecule has 1 atom stereocenters. The molecule has 0 aliphatic rings. The molecular formula is C21H18N4O2. The van der Waals surface area contributed by atoms with Crippen LogP contribution in [-0.4, -0.2) is 33.0 Å². The highest BCUT2D eigenvalue weighted by atomic mass is 16.5. The first-order valence-electron chi connectivity index (χ1n) is 8.60. The van der Waals surface area contributed by atoms with Gasteiger partial charge < -0.3 is 9.42 Å². The molecule has 0 N–H and O–H groups in total. The van der Waals surface area contributed by atoms with Crippen LogP contribution in [0.15, 0.2) is 71.5 Å². The Morgan fingerprint density at radius 3 is 2.59 bits per heavy atom. The van der Waals surface area contributed by atoms with Crippen LogP contribution in [0.5, 0.6) is 0 Å². The van der Waals surface area contributed by atoms with E-state index in [2.05, 4.69) is 15.1 Å². The van der Waals surface area contributed by atoms with E-state index < -0.39 is 0 Å². The average molecular weight is 358 g/mol. The summed E-state index contributed by atoms with van der Waals surface area (Å²) in [6.07, 6.45) is 3.25. The Morgan fingerprint density at radius 1 is 1.07 bits per heavy atom. The Bertz CT molecular complexity index is 1040. The lowest BCUT2D eigenvalue weighted by Crippen LogP contribution is -2.32. The van der Waals surface area contributed by atoms with Crippen molar-refractivity contribution in [3.8, 4) is 0 Å². The van der Waals surface area contributed by atoms with Gasteiger partial charge in [-0.05, 0) is 30.7 Å². The molecule has 3 aromatic heterocycles. The molecule has 0 aliphatic heterocycles. The molecular weight excluding hydrogens is 340 g/mol. The predicted octanol–water partition coefficient (Wildman–Crippen LogP) is 3.79. The number of pyridine rings is 2. The van der Waals surface area contributed by atoms with Crippen LogP contribution >= 0.6 is 0 Å². The third-order valence-electron chi connectivity index (χ3n) is 4.55. The van der Waals surface area contributed by atoms with Crippen LogP contribution in [0, 0.1) is 6.92 Å². The number of carbonyl (C=O) groups excluding carboxylic acids is 1. The number of nitrogens with zero attached hydrogens (tertiary/aromatic N) is 4. The van der Waals surface area contributed by atoms with Crippen LogP contribution in [0.1, 0.15) is 33.4 Å². The maximum atomic E-state index is 13.2. The normalized spacial score (nSPS) is 12.1. The monoisotopic (exact) mass is 358 g/mol. The van der Waals surface area contributed by atoms with Crippen molar-refractivity contribution < 1.29 is 9.32 Å². The minimum atomic E-state index is -0.306. The van der Waals surface area contributed by atoms with E-state index in [1.807, 2.05) is 55.5 Å². The standard InChI is InChI=1S/C21H18N4O2/c1-14-17-12-16(13-23-20(17)27-24-14)21(26)25(2)19(15-8-4-3-5-9-15)18-10-6-7-11-22-18/h3-13,19H,1-2H3/t19-/m1/s1. The van der Waals surface area contributed by atoms with Gasteiger partial charge in [-0.1, -0.05) is 41.6 Å². The van der Waals surface area contributed by atoms with Gasteiger partial charge in [0.1, 0.15) is 0 Å². The molecule has 1 aromatic carbocycles. The Labute approximate surface area is 156 Å². The van der Waals surface area contributed by atoms with Crippen molar-refractivity contribution in [1.82, 2.24) is 20.0 Å². The second-order valence-electron chi connectivity index (χ2n) is 6.33. The Balaban J connectivity index is 1.75. The first-order chi connectivity index (χ1) is 13.1. The van der Waals surface area contributed by atoms with Gasteiger partial charge in [0.25, 0.3) is 11.6 Å². The number of aryl methyl sites for hydroxylation is 1. The molecule has 0 bridgehead atoms. The topological polar surface area (TPSA) is 72.1 Å². The number of aromatic nitrogens is 3. The lowest BCUT2D eigenvalue weighted by Gasteiger charge is -2.28. The highest BCUT2D eigenvalue weighted by molar-refractivity contribution is 5.97. The molecule has 0 unspecified atom stereocenters. The molecule has 27 heavy (non-hydrogen) atoms. The van der Waals surface area contributed by atoms with Crippen LogP contribution < -0.4 is 0 Å². The summed E-state index contributed by atoms with van der Waals surface area (Å²) in [7, 11) is 1.78. The summed E-state index contributed by atoms with van der Waals surface area (Å²) in [6.45, 7) is 1.83. The number of rotatable bonds is 4. The van der Waals surface area contributed by atoms with E-state index in [1.54, 1.807) is 24.2 Å². The molecule has 6 heteroatoms. The number of amides is 1. The van der Waals surface area contributed by atoms with Gasteiger partial charge in [0, 0.05) is 19.4 Å². The van der Waals surface area contributed by atoms with Gasteiger partial charge in [0.15, 0.2) is 0 Å². The molecule has 4 aromatic rings. The van der Waals surface area contributed by atoms with Crippen molar-refractivity contribution in [2.24, 2.45) is 0 Å². The molecule has 6 nitrogen and oxygen atoms in total. The van der Waals surface area contributed by atoms with Crippen molar-refractivity contribution in [3.05, 3.63) is 89.5 Å². The van der Waals surface area contributed by atoms with Crippen LogP contribution in [0.2, 0.25) is 0 Å². The zero-order chi connectivity index (χ0) is 18.8. The number of benzene rings is 1. The van der Waals surface area contributed by atoms with E-state index in [4.69, 9.17) is 4.52 Å². The van der Waals surface area contributed by atoms with Crippen LogP contribution in [0.4, 0.5) is 0 Å². The molecule has 0 saturated heterocycles. The van der Waals surface area contributed by atoms with Crippen molar-refractivity contribution in [2.75, 3.05) is 7.05 Å². The maximum absolute atomic E-state index is 13.2. The van der Waals surface area contributed by atoms with Gasteiger partial charge in [0.2, 0.25) is 0 Å². The lowest BCUT2D eigenvalue weighted by atomic mass is 10.0. The fourth-order valence-electron chi connectivity index (χ4n) is 3.15. The van der Waals surface area contributed by atoms with Crippen molar-refractivity contribution in [1.29, 1.82) is 0 Å². The number of fused-ring (bicyclic) bond motifs is 1. The molecule has 3 heterocycles. The fourth-order valence-corrected chi connectivity index (χ4v) is 3.15. The van der Waals surface area contributed by atoms with E-state index in [1.165, 1.54) is 6.20 Å². The van der Waals surface area contributed by atoms with Gasteiger partial charge in [-0.15, -0.1) is 0 Å². The van der Waals surface area contributed by atoms with E-state index in [9.17, 15) is 4.79 Å². The first-order valence-corrected chi connectivity index (χ1v) is 8.60. The van der Waals surface area contributed by atoms with E-state index in [0.717, 1.165) is 16.6 Å². The summed E-state index contributed by atoms with van der Waals surface area (Å²) in [6, 6.07) is 17.0. The molecule has 0 radical (unpaired) electrons. The van der Waals surface area contributed by atoms with Gasteiger partial charge in [-0.25, -0.2) is 4.98 Å². The first kappa shape index (κ1) is 16.9. The largest absolute Gasteiger partial charge is 0.336 e. The minimum Gasteiger partial charge on any atom is -0.336 e. The fraction of sp³-hybridized carbons (Fsp3) is 0.143. The summed E-state index contributed by atoms with van der Waals surface area (Å²) in [5, 5.41) is 4.64. The number of hydrogen-bond acceptors (Lipinski definition) is 5. The number of hydrogen-bond donors (Lipinski definition) is 0. The van der Waals surface area contributed by atoms with Crippen LogP contribution in [-0.2, 0) is 0 Å². The van der Waals surface area contributed by atoms with Crippen LogP contribution in [0.3, 0.4) is 0 Å². The summed E-state index contributed by atoms with van der Waals surface area (Å²) in [5.41, 5.74) is 3.40. The second kappa shape index (κ2) is 6.99. The third kappa shape index (κ3) is 3.17. The van der Waals surface area contributed by atoms with Crippen molar-refractivity contribution >= 4 is 17.0 Å². The Hall–Kier alpha value is -3.54.